The van der Waals surface area contributed by atoms with E-state index in [1.54, 1.807) is 6.07 Å². The van der Waals surface area contributed by atoms with E-state index in [1.807, 2.05) is 4.90 Å². The largest absolute Gasteiger partial charge is 0.480 e. The zero-order chi connectivity index (χ0) is 17.0. The number of nitro groups is 1. The molecule has 1 aliphatic rings. The molecule has 0 radical (unpaired) electrons. The molecule has 9 nitrogen and oxygen atoms in total. The first-order valence-electron chi connectivity index (χ1n) is 7.05. The molecule has 1 saturated heterocycles. The third-order valence-electron chi connectivity index (χ3n) is 3.52. The minimum Gasteiger partial charge on any atom is -0.480 e. The molecule has 1 fully saturated rings. The van der Waals surface area contributed by atoms with E-state index >= 15 is 0 Å². The summed E-state index contributed by atoms with van der Waals surface area (Å²) in [7, 11) is 0. The van der Waals surface area contributed by atoms with Crippen LogP contribution in [0.4, 0.5) is 11.4 Å². The number of nitrogens with zero attached hydrogens (tertiary/aromatic N) is 2. The zero-order valence-electron chi connectivity index (χ0n) is 12.5. The van der Waals surface area contributed by atoms with Gasteiger partial charge in [-0.2, -0.15) is 0 Å². The number of carbonyl (C=O) groups is 2. The van der Waals surface area contributed by atoms with Crippen molar-refractivity contribution >= 4 is 23.3 Å². The second-order valence-electron chi connectivity index (χ2n) is 5.09. The summed E-state index contributed by atoms with van der Waals surface area (Å²) < 4.78 is 5.23. The maximum absolute atomic E-state index is 12.1. The number of aliphatic carboxylic acids is 1. The number of nitro benzene ring substituents is 1. The topological polar surface area (TPSA) is 122 Å². The van der Waals surface area contributed by atoms with Gasteiger partial charge in [0.15, 0.2) is 0 Å². The lowest BCUT2D eigenvalue weighted by atomic mass is 10.1. The Morgan fingerprint density at radius 3 is 2.61 bits per heavy atom. The first-order chi connectivity index (χ1) is 10.9. The number of carboxylic acid groups (broad SMARTS) is 1. The molecule has 0 spiro atoms. The van der Waals surface area contributed by atoms with Gasteiger partial charge in [0.2, 0.25) is 0 Å². The van der Waals surface area contributed by atoms with Crippen LogP contribution in [0.25, 0.3) is 0 Å². The smallest absolute Gasteiger partial charge is 0.325 e. The van der Waals surface area contributed by atoms with Gasteiger partial charge in [0, 0.05) is 24.8 Å². The molecule has 0 aromatic heterocycles. The molecule has 1 aromatic carbocycles. The number of hydrogen-bond donors (Lipinski definition) is 2. The summed E-state index contributed by atoms with van der Waals surface area (Å²) in [6.45, 7) is 3.57. The number of rotatable bonds is 5. The summed E-state index contributed by atoms with van der Waals surface area (Å²) in [5.74, 6) is -2.01. The molecule has 9 heteroatoms. The molecule has 2 N–H and O–H groups in total. The van der Waals surface area contributed by atoms with E-state index in [-0.39, 0.29) is 11.3 Å². The number of benzene rings is 1. The number of carbonyl (C=O) groups excluding carboxylic acids is 1. The van der Waals surface area contributed by atoms with E-state index < -0.39 is 22.8 Å². The number of morpholine rings is 1. The summed E-state index contributed by atoms with van der Waals surface area (Å²) in [5, 5.41) is 22.3. The highest BCUT2D eigenvalue weighted by atomic mass is 16.6. The molecule has 1 amide bonds. The third-order valence-corrected chi connectivity index (χ3v) is 3.52. The van der Waals surface area contributed by atoms with Crippen molar-refractivity contribution in [2.24, 2.45) is 0 Å². The van der Waals surface area contributed by atoms with Crippen LogP contribution in [0.2, 0.25) is 0 Å². The van der Waals surface area contributed by atoms with Crippen LogP contribution in [-0.2, 0) is 9.53 Å². The highest BCUT2D eigenvalue weighted by molar-refractivity contribution is 6.00. The van der Waals surface area contributed by atoms with Gasteiger partial charge in [-0.1, -0.05) is 0 Å². The SMILES string of the molecule is CC(NC(=O)c1ccc(N2CCOCC2)cc1[N+](=O)[O-])C(=O)O. The van der Waals surface area contributed by atoms with Gasteiger partial charge in [-0.3, -0.25) is 19.7 Å². The van der Waals surface area contributed by atoms with Gasteiger partial charge in [0.05, 0.1) is 18.1 Å². The second kappa shape index (κ2) is 7.05. The Morgan fingerprint density at radius 1 is 1.39 bits per heavy atom. The Hall–Kier alpha value is -2.68. The first-order valence-corrected chi connectivity index (χ1v) is 7.05. The van der Waals surface area contributed by atoms with Gasteiger partial charge in [-0.25, -0.2) is 0 Å². The predicted molar refractivity (Wildman–Crippen MR) is 80.7 cm³/mol. The second-order valence-corrected chi connectivity index (χ2v) is 5.09. The van der Waals surface area contributed by atoms with Crippen molar-refractivity contribution in [2.75, 3.05) is 31.2 Å². The lowest BCUT2D eigenvalue weighted by Gasteiger charge is -2.28. The normalized spacial score (nSPS) is 15.8. The van der Waals surface area contributed by atoms with Gasteiger partial charge < -0.3 is 20.1 Å². The van der Waals surface area contributed by atoms with Crippen LogP contribution >= 0.6 is 0 Å². The molecule has 0 bridgehead atoms. The monoisotopic (exact) mass is 323 g/mol. The molecular weight excluding hydrogens is 306 g/mol. The predicted octanol–water partition coefficient (Wildman–Crippen LogP) is 0.634. The average Bonchev–Trinajstić information content (AvgIpc) is 2.54. The molecular formula is C14H17N3O6. The van der Waals surface area contributed by atoms with Crippen molar-refractivity contribution < 1.29 is 24.4 Å². The lowest BCUT2D eigenvalue weighted by molar-refractivity contribution is -0.385. The van der Waals surface area contributed by atoms with Crippen LogP contribution in [0.5, 0.6) is 0 Å². The summed E-state index contributed by atoms with van der Waals surface area (Å²) >= 11 is 0. The molecule has 1 heterocycles. The van der Waals surface area contributed by atoms with Crippen molar-refractivity contribution in [3.63, 3.8) is 0 Å². The van der Waals surface area contributed by atoms with E-state index in [1.165, 1.54) is 19.1 Å². The number of carboxylic acids is 1. The van der Waals surface area contributed by atoms with Crippen molar-refractivity contribution in [1.29, 1.82) is 0 Å². The standard InChI is InChI=1S/C14H17N3O6/c1-9(14(19)20)15-13(18)11-3-2-10(8-12(11)17(21)22)16-4-6-23-7-5-16/h2-3,8-9H,4-7H2,1H3,(H,15,18)(H,19,20). The van der Waals surface area contributed by atoms with Crippen molar-refractivity contribution in [3.05, 3.63) is 33.9 Å². The number of anilines is 1. The van der Waals surface area contributed by atoms with Gasteiger partial charge in [-0.15, -0.1) is 0 Å². The Balaban J connectivity index is 2.27. The van der Waals surface area contributed by atoms with Gasteiger partial charge in [0.25, 0.3) is 11.6 Å². The van der Waals surface area contributed by atoms with Crippen LogP contribution in [-0.4, -0.2) is 54.3 Å². The summed E-state index contributed by atoms with van der Waals surface area (Å²) in [4.78, 5) is 35.4. The van der Waals surface area contributed by atoms with Gasteiger partial charge >= 0.3 is 5.97 Å². The zero-order valence-corrected chi connectivity index (χ0v) is 12.5. The lowest BCUT2D eigenvalue weighted by Crippen LogP contribution is -2.38. The minimum atomic E-state index is -1.22. The number of hydrogen-bond acceptors (Lipinski definition) is 6. The van der Waals surface area contributed by atoms with Crippen LogP contribution in [0.15, 0.2) is 18.2 Å². The molecule has 1 aliphatic heterocycles. The molecule has 1 atom stereocenters. The van der Waals surface area contributed by atoms with Crippen LogP contribution in [0, 0.1) is 10.1 Å². The van der Waals surface area contributed by atoms with E-state index in [2.05, 4.69) is 5.32 Å². The van der Waals surface area contributed by atoms with Crippen molar-refractivity contribution in [2.45, 2.75) is 13.0 Å². The van der Waals surface area contributed by atoms with Gasteiger partial charge in [-0.05, 0) is 19.1 Å². The molecule has 0 saturated carbocycles. The maximum atomic E-state index is 12.1. The molecule has 1 unspecified atom stereocenters. The Bertz CT molecular complexity index is 627. The van der Waals surface area contributed by atoms with E-state index in [0.717, 1.165) is 0 Å². The Kier molecular flexibility index (Phi) is 5.12. The average molecular weight is 323 g/mol. The maximum Gasteiger partial charge on any atom is 0.325 e. The fourth-order valence-corrected chi connectivity index (χ4v) is 2.22. The first kappa shape index (κ1) is 16.7. The molecule has 1 aromatic rings. The fraction of sp³-hybridized carbons (Fsp3) is 0.429. The molecule has 0 aliphatic carbocycles. The van der Waals surface area contributed by atoms with E-state index in [4.69, 9.17) is 9.84 Å². The number of nitrogens with one attached hydrogen (secondary N) is 1. The molecule has 2 rings (SSSR count). The van der Waals surface area contributed by atoms with Crippen LogP contribution < -0.4 is 10.2 Å². The molecule has 124 valence electrons. The Morgan fingerprint density at radius 2 is 2.04 bits per heavy atom. The summed E-state index contributed by atoms with van der Waals surface area (Å²) in [6.07, 6.45) is 0. The summed E-state index contributed by atoms with van der Waals surface area (Å²) in [6, 6.07) is 3.14. The van der Waals surface area contributed by atoms with Crippen LogP contribution in [0.3, 0.4) is 0 Å². The van der Waals surface area contributed by atoms with Gasteiger partial charge in [0.1, 0.15) is 11.6 Å². The Labute approximate surface area is 132 Å². The van der Waals surface area contributed by atoms with E-state index in [9.17, 15) is 19.7 Å². The fourth-order valence-electron chi connectivity index (χ4n) is 2.22. The van der Waals surface area contributed by atoms with Crippen molar-refractivity contribution in [1.82, 2.24) is 5.32 Å². The third kappa shape index (κ3) is 3.95. The highest BCUT2D eigenvalue weighted by Crippen LogP contribution is 2.26. The highest BCUT2D eigenvalue weighted by Gasteiger charge is 2.25. The van der Waals surface area contributed by atoms with Crippen LogP contribution in [0.1, 0.15) is 17.3 Å². The number of ether oxygens (including phenoxy) is 1. The summed E-state index contributed by atoms with van der Waals surface area (Å²) in [5.41, 5.74) is 0.104. The van der Waals surface area contributed by atoms with E-state index in [0.29, 0.717) is 32.0 Å². The quantitative estimate of drug-likeness (QED) is 0.602. The minimum absolute atomic E-state index is 0.167. The molecule has 23 heavy (non-hydrogen) atoms. The van der Waals surface area contributed by atoms with Crippen molar-refractivity contribution in [3.8, 4) is 0 Å². The number of amides is 1.